The Labute approximate surface area is 96.6 Å². The Balaban J connectivity index is 2.27. The summed E-state index contributed by atoms with van der Waals surface area (Å²) in [7, 11) is 1.31. The molecule has 1 saturated heterocycles. The summed E-state index contributed by atoms with van der Waals surface area (Å²) in [5.41, 5.74) is 0. The number of rotatable bonds is 5. The molecule has 2 nitrogen and oxygen atoms in total. The van der Waals surface area contributed by atoms with Gasteiger partial charge >= 0.3 is 0 Å². The van der Waals surface area contributed by atoms with Crippen molar-refractivity contribution in [1.82, 2.24) is 9.80 Å². The van der Waals surface area contributed by atoms with Gasteiger partial charge in [0.05, 0.1) is 8.07 Å². The molecule has 0 spiro atoms. The first-order chi connectivity index (χ1) is 7.03. The maximum atomic E-state index is 2.70. The van der Waals surface area contributed by atoms with Crippen LogP contribution in [0.15, 0.2) is 0 Å². The molecule has 1 aliphatic rings. The van der Waals surface area contributed by atoms with Gasteiger partial charge in [-0.3, -0.25) is 0 Å². The van der Waals surface area contributed by atoms with E-state index in [1.54, 1.807) is 0 Å². The molecular weight excluding hydrogens is 200 g/mol. The Bertz CT molecular complexity index is 174. The van der Waals surface area contributed by atoms with Gasteiger partial charge in [-0.1, -0.05) is 38.9 Å². The molecule has 15 heavy (non-hydrogen) atoms. The van der Waals surface area contributed by atoms with Gasteiger partial charge in [-0.05, 0) is 13.2 Å². The van der Waals surface area contributed by atoms with Crippen LogP contribution in [0.5, 0.6) is 0 Å². The Morgan fingerprint density at radius 3 is 2.20 bits per heavy atom. The Kier molecular flexibility index (Phi) is 5.30. The quantitative estimate of drug-likeness (QED) is 0.666. The molecule has 0 atom stereocenters. The molecule has 0 bridgehead atoms. The number of hydrogen-bond donors (Lipinski definition) is 0. The van der Waals surface area contributed by atoms with Crippen LogP contribution in [0.25, 0.3) is 0 Å². The Hall–Kier alpha value is 0.137. The second-order valence-corrected chi connectivity index (χ2v) is 11.0. The Morgan fingerprint density at radius 1 is 1.07 bits per heavy atom. The molecule has 0 aromatic heterocycles. The van der Waals surface area contributed by atoms with Gasteiger partial charge in [0.1, 0.15) is 0 Å². The molecule has 0 amide bonds. The largest absolute Gasteiger partial charge is 0.304 e. The standard InChI is InChI=1S/C12H28N2Si/c1-5-6-11-15(3,4)12-14-9-7-13(2)8-10-14/h5-12H2,1-4H3. The lowest BCUT2D eigenvalue weighted by atomic mass is 10.4. The van der Waals surface area contributed by atoms with Crippen molar-refractivity contribution < 1.29 is 0 Å². The minimum Gasteiger partial charge on any atom is -0.304 e. The molecule has 0 aromatic rings. The molecule has 1 heterocycles. The summed E-state index contributed by atoms with van der Waals surface area (Å²) < 4.78 is 0. The van der Waals surface area contributed by atoms with Crippen molar-refractivity contribution in [3.8, 4) is 0 Å². The normalized spacial score (nSPS) is 20.8. The first-order valence-electron chi connectivity index (χ1n) is 6.44. The molecule has 1 aliphatic heterocycles. The fourth-order valence-corrected chi connectivity index (χ4v) is 5.34. The van der Waals surface area contributed by atoms with Crippen molar-refractivity contribution >= 4 is 8.07 Å². The molecule has 90 valence electrons. The van der Waals surface area contributed by atoms with Crippen LogP contribution in [-0.2, 0) is 0 Å². The summed E-state index contributed by atoms with van der Waals surface area (Å²) in [6, 6.07) is 1.51. The van der Waals surface area contributed by atoms with Gasteiger partial charge < -0.3 is 9.80 Å². The minimum atomic E-state index is -0.926. The number of unbranched alkanes of at least 4 members (excludes halogenated alkanes) is 1. The van der Waals surface area contributed by atoms with Crippen LogP contribution in [0.1, 0.15) is 19.8 Å². The van der Waals surface area contributed by atoms with E-state index in [4.69, 9.17) is 0 Å². The first kappa shape index (κ1) is 13.2. The fourth-order valence-electron chi connectivity index (χ4n) is 2.35. The molecule has 0 aliphatic carbocycles. The van der Waals surface area contributed by atoms with Crippen molar-refractivity contribution in [2.75, 3.05) is 39.4 Å². The molecule has 0 saturated carbocycles. The van der Waals surface area contributed by atoms with Gasteiger partial charge in [0.15, 0.2) is 0 Å². The number of likely N-dealkylation sites (N-methyl/N-ethyl adjacent to an activating group) is 1. The van der Waals surface area contributed by atoms with Gasteiger partial charge in [0.2, 0.25) is 0 Å². The van der Waals surface area contributed by atoms with E-state index in [0.717, 1.165) is 0 Å². The van der Waals surface area contributed by atoms with E-state index < -0.39 is 8.07 Å². The van der Waals surface area contributed by atoms with E-state index in [-0.39, 0.29) is 0 Å². The number of nitrogens with zero attached hydrogens (tertiary/aromatic N) is 2. The van der Waals surface area contributed by atoms with Crippen molar-refractivity contribution in [3.63, 3.8) is 0 Å². The molecular formula is C12H28N2Si. The zero-order chi connectivity index (χ0) is 11.3. The van der Waals surface area contributed by atoms with Crippen molar-refractivity contribution in [2.45, 2.75) is 38.9 Å². The number of piperazine rings is 1. The molecule has 0 unspecified atom stereocenters. The SMILES string of the molecule is CCCC[Si](C)(C)CN1CCN(C)CC1. The van der Waals surface area contributed by atoms with Gasteiger partial charge in [-0.25, -0.2) is 0 Å². The third kappa shape index (κ3) is 5.14. The van der Waals surface area contributed by atoms with Gasteiger partial charge in [0.25, 0.3) is 0 Å². The maximum Gasteiger partial charge on any atom is 0.0629 e. The Morgan fingerprint density at radius 2 is 1.67 bits per heavy atom. The lowest BCUT2D eigenvalue weighted by molar-refractivity contribution is 0.170. The highest BCUT2D eigenvalue weighted by molar-refractivity contribution is 6.77. The average molecular weight is 228 g/mol. The maximum absolute atomic E-state index is 2.70. The third-order valence-electron chi connectivity index (χ3n) is 3.45. The summed E-state index contributed by atoms with van der Waals surface area (Å²) in [5.74, 6) is 0. The summed E-state index contributed by atoms with van der Waals surface area (Å²) in [4.78, 5) is 5.14. The molecule has 0 radical (unpaired) electrons. The van der Waals surface area contributed by atoms with Crippen molar-refractivity contribution in [1.29, 1.82) is 0 Å². The second-order valence-electron chi connectivity index (χ2n) is 5.85. The first-order valence-corrected chi connectivity index (χ1v) is 9.86. The van der Waals surface area contributed by atoms with Crippen LogP contribution < -0.4 is 0 Å². The molecule has 1 rings (SSSR count). The third-order valence-corrected chi connectivity index (χ3v) is 6.47. The summed E-state index contributed by atoms with van der Waals surface area (Å²) in [5, 5.41) is 0. The van der Waals surface area contributed by atoms with Crippen LogP contribution in [0.4, 0.5) is 0 Å². The van der Waals surface area contributed by atoms with E-state index in [1.165, 1.54) is 51.2 Å². The lowest BCUT2D eigenvalue weighted by Crippen LogP contribution is -2.50. The summed E-state index contributed by atoms with van der Waals surface area (Å²) in [6.45, 7) is 12.5. The van der Waals surface area contributed by atoms with Gasteiger partial charge in [0, 0.05) is 26.2 Å². The highest BCUT2D eigenvalue weighted by Crippen LogP contribution is 2.16. The molecule has 1 fully saturated rings. The van der Waals surface area contributed by atoms with E-state index in [0.29, 0.717) is 0 Å². The van der Waals surface area contributed by atoms with Crippen LogP contribution in [0.2, 0.25) is 19.1 Å². The van der Waals surface area contributed by atoms with Crippen LogP contribution in [0, 0.1) is 0 Å². The zero-order valence-corrected chi connectivity index (χ0v) is 12.1. The predicted molar refractivity (Wildman–Crippen MR) is 71.1 cm³/mol. The van der Waals surface area contributed by atoms with Crippen LogP contribution in [-0.4, -0.2) is 57.3 Å². The van der Waals surface area contributed by atoms with Crippen LogP contribution in [0.3, 0.4) is 0 Å². The molecule has 0 N–H and O–H groups in total. The lowest BCUT2D eigenvalue weighted by Gasteiger charge is -2.37. The monoisotopic (exact) mass is 228 g/mol. The van der Waals surface area contributed by atoms with Crippen molar-refractivity contribution in [3.05, 3.63) is 0 Å². The topological polar surface area (TPSA) is 6.48 Å². The van der Waals surface area contributed by atoms with E-state index in [1.807, 2.05) is 0 Å². The molecule has 0 aromatic carbocycles. The van der Waals surface area contributed by atoms with E-state index >= 15 is 0 Å². The average Bonchev–Trinajstić information content (AvgIpc) is 2.18. The van der Waals surface area contributed by atoms with Gasteiger partial charge in [-0.15, -0.1) is 0 Å². The molecule has 3 heteroatoms. The highest BCUT2D eigenvalue weighted by atomic mass is 28.3. The van der Waals surface area contributed by atoms with E-state index in [2.05, 4.69) is 36.9 Å². The highest BCUT2D eigenvalue weighted by Gasteiger charge is 2.25. The summed E-state index contributed by atoms with van der Waals surface area (Å²) >= 11 is 0. The van der Waals surface area contributed by atoms with E-state index in [9.17, 15) is 0 Å². The van der Waals surface area contributed by atoms with Crippen LogP contribution >= 0.6 is 0 Å². The number of hydrogen-bond acceptors (Lipinski definition) is 2. The smallest absolute Gasteiger partial charge is 0.0629 e. The second kappa shape index (κ2) is 6.02. The summed E-state index contributed by atoms with van der Waals surface area (Å²) in [6.07, 6.45) is 4.22. The fraction of sp³-hybridized carbons (Fsp3) is 1.00. The van der Waals surface area contributed by atoms with Crippen molar-refractivity contribution in [2.24, 2.45) is 0 Å². The van der Waals surface area contributed by atoms with Gasteiger partial charge in [-0.2, -0.15) is 0 Å². The predicted octanol–water partition coefficient (Wildman–Crippen LogP) is 2.28. The zero-order valence-electron chi connectivity index (χ0n) is 11.1. The minimum absolute atomic E-state index is 0.926.